The van der Waals surface area contributed by atoms with Crippen LogP contribution in [-0.4, -0.2) is 37.7 Å². The van der Waals surface area contributed by atoms with E-state index in [0.29, 0.717) is 0 Å². The predicted molar refractivity (Wildman–Crippen MR) is 82.7 cm³/mol. The van der Waals surface area contributed by atoms with Crippen LogP contribution in [0.4, 0.5) is 0 Å². The van der Waals surface area contributed by atoms with Crippen molar-refractivity contribution in [3.05, 3.63) is 53.1 Å². The smallest absolute Gasteiger partial charge is 0.247 e. The number of hydrogen-bond donors (Lipinski definition) is 0. The Balaban J connectivity index is 1.91. The lowest BCUT2D eigenvalue weighted by Crippen LogP contribution is -2.52. The van der Waals surface area contributed by atoms with Gasteiger partial charge in [-0.1, -0.05) is 18.2 Å². The first-order valence-corrected chi connectivity index (χ1v) is 7.61. The molecule has 0 aromatic heterocycles. The molecule has 0 saturated carbocycles. The minimum absolute atomic E-state index is 0.0265. The van der Waals surface area contributed by atoms with Gasteiger partial charge in [-0.25, -0.2) is 0 Å². The number of rotatable bonds is 2. The molecular weight excluding hydrogens is 278 g/mol. The number of benzene rings is 1. The number of amides is 1. The molecule has 2 atom stereocenters. The van der Waals surface area contributed by atoms with Crippen molar-refractivity contribution in [2.45, 2.75) is 24.5 Å². The van der Waals surface area contributed by atoms with Crippen molar-refractivity contribution in [1.29, 1.82) is 0 Å². The van der Waals surface area contributed by atoms with Crippen LogP contribution in [0.5, 0.6) is 5.75 Å². The van der Waals surface area contributed by atoms with E-state index in [-0.39, 0.29) is 17.6 Å². The Morgan fingerprint density at radius 3 is 2.95 bits per heavy atom. The summed E-state index contributed by atoms with van der Waals surface area (Å²) < 4.78 is 10.9. The van der Waals surface area contributed by atoms with Crippen LogP contribution in [0.2, 0.25) is 0 Å². The number of carbonyl (C=O) groups is 1. The van der Waals surface area contributed by atoms with E-state index in [2.05, 4.69) is 18.2 Å². The molecule has 0 saturated heterocycles. The molecule has 4 rings (SSSR count). The van der Waals surface area contributed by atoms with Gasteiger partial charge in [-0.2, -0.15) is 0 Å². The Bertz CT molecular complexity index is 706. The average Bonchev–Trinajstić information content (AvgIpc) is 2.85. The molecule has 4 nitrogen and oxygen atoms in total. The maximum absolute atomic E-state index is 12.4. The number of fused-ring (bicyclic) bond motifs is 1. The van der Waals surface area contributed by atoms with E-state index in [9.17, 15) is 4.79 Å². The van der Waals surface area contributed by atoms with E-state index in [1.807, 2.05) is 17.0 Å². The summed E-state index contributed by atoms with van der Waals surface area (Å²) in [6.07, 6.45) is 7.54. The zero-order chi connectivity index (χ0) is 15.3. The van der Waals surface area contributed by atoms with E-state index >= 15 is 0 Å². The minimum atomic E-state index is -0.369. The van der Waals surface area contributed by atoms with Gasteiger partial charge >= 0.3 is 0 Å². The van der Waals surface area contributed by atoms with Crippen LogP contribution in [0.15, 0.2) is 42.0 Å². The third-order valence-electron chi connectivity index (χ3n) is 5.14. The van der Waals surface area contributed by atoms with Crippen molar-refractivity contribution in [2.24, 2.45) is 0 Å². The Hall–Kier alpha value is -2.07. The highest BCUT2D eigenvalue weighted by atomic mass is 16.5. The van der Waals surface area contributed by atoms with Crippen molar-refractivity contribution >= 4 is 5.91 Å². The van der Waals surface area contributed by atoms with Crippen LogP contribution in [-0.2, 0) is 21.5 Å². The fourth-order valence-electron chi connectivity index (χ4n) is 4.07. The van der Waals surface area contributed by atoms with Gasteiger partial charge in [0.2, 0.25) is 5.91 Å². The molecule has 3 aliphatic rings. The summed E-state index contributed by atoms with van der Waals surface area (Å²) in [6.45, 7) is 0.739. The van der Waals surface area contributed by atoms with Crippen LogP contribution < -0.4 is 4.74 Å². The second-order valence-corrected chi connectivity index (χ2v) is 6.06. The summed E-state index contributed by atoms with van der Waals surface area (Å²) in [5.41, 5.74) is 3.19. The Morgan fingerprint density at radius 1 is 1.32 bits per heavy atom. The lowest BCUT2D eigenvalue weighted by molar-refractivity contribution is -0.130. The molecule has 2 heterocycles. The van der Waals surface area contributed by atoms with Crippen molar-refractivity contribution in [2.75, 3.05) is 20.8 Å². The van der Waals surface area contributed by atoms with Gasteiger partial charge in [-0.15, -0.1) is 0 Å². The van der Waals surface area contributed by atoms with Gasteiger partial charge in [0.25, 0.3) is 0 Å². The first kappa shape index (κ1) is 13.6. The Morgan fingerprint density at radius 2 is 2.18 bits per heavy atom. The van der Waals surface area contributed by atoms with E-state index < -0.39 is 0 Å². The largest absolute Gasteiger partial charge is 0.497 e. The first-order valence-electron chi connectivity index (χ1n) is 7.61. The molecule has 0 fully saturated rings. The monoisotopic (exact) mass is 297 g/mol. The van der Waals surface area contributed by atoms with Crippen molar-refractivity contribution in [3.63, 3.8) is 0 Å². The SMILES string of the molecule is COc1ccc2c(c1)CCN1C(=O)C=C3C=CC(OC)CC321. The van der Waals surface area contributed by atoms with Crippen LogP contribution in [0.25, 0.3) is 0 Å². The molecule has 0 bridgehead atoms. The van der Waals surface area contributed by atoms with Crippen LogP contribution >= 0.6 is 0 Å². The second kappa shape index (κ2) is 4.71. The lowest BCUT2D eigenvalue weighted by Gasteiger charge is -2.48. The maximum Gasteiger partial charge on any atom is 0.247 e. The Kier molecular flexibility index (Phi) is 2.91. The number of carbonyl (C=O) groups excluding carboxylic acids is 1. The number of nitrogens with zero attached hydrogens (tertiary/aromatic N) is 1. The van der Waals surface area contributed by atoms with E-state index in [1.54, 1.807) is 20.3 Å². The highest BCUT2D eigenvalue weighted by Gasteiger charge is 2.52. The molecule has 2 aliphatic heterocycles. The van der Waals surface area contributed by atoms with Gasteiger partial charge in [0, 0.05) is 26.2 Å². The summed E-state index contributed by atoms with van der Waals surface area (Å²) in [6, 6.07) is 6.19. The fourth-order valence-corrected chi connectivity index (χ4v) is 4.07. The second-order valence-electron chi connectivity index (χ2n) is 6.06. The zero-order valence-electron chi connectivity index (χ0n) is 12.8. The first-order chi connectivity index (χ1) is 10.7. The third kappa shape index (κ3) is 1.64. The molecule has 0 N–H and O–H groups in total. The summed E-state index contributed by atoms with van der Waals surface area (Å²) in [7, 11) is 3.41. The van der Waals surface area contributed by atoms with E-state index in [4.69, 9.17) is 9.47 Å². The normalized spacial score (nSPS) is 28.8. The highest BCUT2D eigenvalue weighted by Crippen LogP contribution is 2.51. The summed E-state index contributed by atoms with van der Waals surface area (Å²) in [5.74, 6) is 0.978. The molecule has 1 amide bonds. The van der Waals surface area contributed by atoms with Crippen molar-refractivity contribution < 1.29 is 14.3 Å². The highest BCUT2D eigenvalue weighted by molar-refractivity contribution is 5.95. The summed E-state index contributed by atoms with van der Waals surface area (Å²) in [4.78, 5) is 14.5. The van der Waals surface area contributed by atoms with E-state index in [1.165, 1.54) is 11.1 Å². The van der Waals surface area contributed by atoms with E-state index in [0.717, 1.165) is 30.7 Å². The molecule has 1 aliphatic carbocycles. The molecule has 1 spiro atoms. The fraction of sp³-hybridized carbons (Fsp3) is 0.389. The summed E-state index contributed by atoms with van der Waals surface area (Å²) >= 11 is 0. The maximum atomic E-state index is 12.4. The van der Waals surface area contributed by atoms with Crippen LogP contribution in [0.1, 0.15) is 17.5 Å². The molecular formula is C18H19NO3. The topological polar surface area (TPSA) is 38.8 Å². The minimum Gasteiger partial charge on any atom is -0.497 e. The number of hydrogen-bond acceptors (Lipinski definition) is 3. The van der Waals surface area contributed by atoms with Crippen LogP contribution in [0.3, 0.4) is 0 Å². The third-order valence-corrected chi connectivity index (χ3v) is 5.14. The Labute approximate surface area is 130 Å². The quantitative estimate of drug-likeness (QED) is 0.840. The summed E-state index contributed by atoms with van der Waals surface area (Å²) in [5, 5.41) is 0. The molecule has 1 aromatic rings. The van der Waals surface area contributed by atoms with Gasteiger partial charge in [0.05, 0.1) is 18.8 Å². The van der Waals surface area contributed by atoms with Gasteiger partial charge in [0.15, 0.2) is 0 Å². The molecule has 1 aromatic carbocycles. The molecule has 4 heteroatoms. The predicted octanol–water partition coefficient (Wildman–Crippen LogP) is 2.19. The van der Waals surface area contributed by atoms with Crippen LogP contribution in [0, 0.1) is 0 Å². The molecule has 114 valence electrons. The number of methoxy groups -OCH3 is 2. The molecule has 22 heavy (non-hydrogen) atoms. The molecule has 2 unspecified atom stereocenters. The molecule has 0 radical (unpaired) electrons. The average molecular weight is 297 g/mol. The van der Waals surface area contributed by atoms with Gasteiger partial charge in [-0.3, -0.25) is 4.79 Å². The van der Waals surface area contributed by atoms with Gasteiger partial charge in [-0.05, 0) is 35.3 Å². The standard InChI is InChI=1S/C18H19NO3/c1-21-14-5-6-16-12(9-14)7-8-19-17(20)10-13-3-4-15(22-2)11-18(13,16)19/h3-6,9-10,15H,7-8,11H2,1-2H3. The van der Waals surface area contributed by atoms with Gasteiger partial charge in [0.1, 0.15) is 5.75 Å². The zero-order valence-corrected chi connectivity index (χ0v) is 12.8. The number of ether oxygens (including phenoxy) is 2. The van der Waals surface area contributed by atoms with Crippen molar-refractivity contribution in [3.8, 4) is 5.75 Å². The van der Waals surface area contributed by atoms with Gasteiger partial charge < -0.3 is 14.4 Å². The lowest BCUT2D eigenvalue weighted by atomic mass is 9.71. The van der Waals surface area contributed by atoms with Crippen molar-refractivity contribution in [1.82, 2.24) is 4.90 Å².